The first kappa shape index (κ1) is 21.6. The zero-order chi connectivity index (χ0) is 19.5. The average Bonchev–Trinajstić information content (AvgIpc) is 2.63. The summed E-state index contributed by atoms with van der Waals surface area (Å²) in [5.74, 6) is -0.0568. The quantitative estimate of drug-likeness (QED) is 0.328. The van der Waals surface area contributed by atoms with Crippen LogP contribution in [-0.2, 0) is 4.79 Å². The predicted molar refractivity (Wildman–Crippen MR) is 104 cm³/mol. The van der Waals surface area contributed by atoms with Crippen molar-refractivity contribution in [1.82, 2.24) is 10.6 Å². The van der Waals surface area contributed by atoms with Crippen molar-refractivity contribution in [2.45, 2.75) is 40.0 Å². The van der Waals surface area contributed by atoms with Crippen molar-refractivity contribution in [3.05, 3.63) is 71.1 Å². The number of allylic oxidation sites excluding steroid dienone is 7. The molecule has 5 heteroatoms. The lowest BCUT2D eigenvalue weighted by atomic mass is 9.99. The van der Waals surface area contributed by atoms with Gasteiger partial charge in [0.25, 0.3) is 0 Å². The highest BCUT2D eigenvalue weighted by molar-refractivity contribution is 5.69. The van der Waals surface area contributed by atoms with Gasteiger partial charge >= 0.3 is 0 Å². The number of carbonyl (C=O) groups excluding carboxylic acids is 1. The van der Waals surface area contributed by atoms with Crippen LogP contribution in [0, 0.1) is 5.92 Å². The fourth-order valence-electron chi connectivity index (χ4n) is 2.61. The summed E-state index contributed by atoms with van der Waals surface area (Å²) in [6.07, 6.45) is 11.3. The molecule has 1 aliphatic rings. The van der Waals surface area contributed by atoms with Gasteiger partial charge in [0.2, 0.25) is 0 Å². The first-order chi connectivity index (χ1) is 12.5. The minimum absolute atomic E-state index is 0.169. The molecule has 0 aromatic rings. The van der Waals surface area contributed by atoms with Gasteiger partial charge in [0.1, 0.15) is 6.29 Å². The molecule has 0 spiro atoms. The molecule has 1 rings (SSSR count). The van der Waals surface area contributed by atoms with Gasteiger partial charge in [-0.25, -0.2) is 4.39 Å². The van der Waals surface area contributed by atoms with Crippen molar-refractivity contribution in [2.24, 2.45) is 5.92 Å². The van der Waals surface area contributed by atoms with Crippen LogP contribution in [0.2, 0.25) is 0 Å². The molecule has 0 saturated heterocycles. The van der Waals surface area contributed by atoms with Gasteiger partial charge in [-0.3, -0.25) is 4.79 Å². The summed E-state index contributed by atoms with van der Waals surface area (Å²) in [5, 5.41) is 15.8. The van der Waals surface area contributed by atoms with Crippen molar-refractivity contribution < 1.29 is 14.3 Å². The lowest BCUT2D eigenvalue weighted by Crippen LogP contribution is -2.33. The number of carbonyl (C=O) groups is 1. The highest BCUT2D eigenvalue weighted by Gasteiger charge is 2.20. The Balaban J connectivity index is 3.26. The third kappa shape index (κ3) is 6.48. The molecular weight excluding hydrogens is 331 g/mol. The first-order valence-corrected chi connectivity index (χ1v) is 8.83. The van der Waals surface area contributed by atoms with E-state index in [1.807, 2.05) is 19.9 Å². The Morgan fingerprint density at radius 2 is 2.04 bits per heavy atom. The summed E-state index contributed by atoms with van der Waals surface area (Å²) in [7, 11) is 0. The molecule has 3 N–H and O–H groups in total. The highest BCUT2D eigenvalue weighted by atomic mass is 19.1. The van der Waals surface area contributed by atoms with Crippen LogP contribution in [0.3, 0.4) is 0 Å². The summed E-state index contributed by atoms with van der Waals surface area (Å²) in [5.41, 5.74) is 3.91. The zero-order valence-corrected chi connectivity index (χ0v) is 15.8. The topological polar surface area (TPSA) is 61.4 Å². The molecule has 0 aromatic heterocycles. The Morgan fingerprint density at radius 3 is 2.58 bits per heavy atom. The number of nitrogens with one attached hydrogen (secondary N) is 2. The molecule has 142 valence electrons. The molecule has 0 aliphatic carbocycles. The van der Waals surface area contributed by atoms with Crippen LogP contribution in [0.4, 0.5) is 4.39 Å². The van der Waals surface area contributed by atoms with Crippen molar-refractivity contribution in [1.29, 1.82) is 0 Å². The van der Waals surface area contributed by atoms with Crippen molar-refractivity contribution in [3.8, 4) is 0 Å². The number of rotatable bonds is 9. The van der Waals surface area contributed by atoms with E-state index in [-0.39, 0.29) is 18.4 Å². The van der Waals surface area contributed by atoms with E-state index in [2.05, 4.69) is 17.2 Å². The average molecular weight is 360 g/mol. The molecule has 0 bridgehead atoms. The lowest BCUT2D eigenvalue weighted by molar-refractivity contribution is -0.104. The number of aliphatic hydroxyl groups excluding tert-OH is 1. The summed E-state index contributed by atoms with van der Waals surface area (Å²) >= 11 is 0. The number of halogens is 1. The molecule has 26 heavy (non-hydrogen) atoms. The number of aliphatic hydroxyl groups is 1. The molecule has 4 nitrogen and oxygen atoms in total. The standard InChI is InChI=1S/C21H29FN2O2/c1-5-17(11-10-16(4)22)21-20(9-7-8-15(3)14-26)23-18(6-2)19(24-21)12-13-25/h5-6,10-13,15,23-24,26H,1,7-9,14H2,2-4H3/b16-10+,17-11+,18-6+,19-12+. The lowest BCUT2D eigenvalue weighted by Gasteiger charge is -2.29. The third-order valence-electron chi connectivity index (χ3n) is 4.10. The van der Waals surface area contributed by atoms with Crippen LogP contribution < -0.4 is 10.6 Å². The molecule has 0 fully saturated rings. The van der Waals surface area contributed by atoms with E-state index in [0.717, 1.165) is 48.2 Å². The second kappa shape index (κ2) is 11.3. The Kier molecular flexibility index (Phi) is 9.37. The van der Waals surface area contributed by atoms with Crippen molar-refractivity contribution in [2.75, 3.05) is 6.61 Å². The Hall–Kier alpha value is -2.40. The SMILES string of the molecule is C=C/C(=C\C=C(/C)F)C1=C(CCCC(C)CO)NC(=C/C)/C(=C\C=O)N1. The summed E-state index contributed by atoms with van der Waals surface area (Å²) in [4.78, 5) is 11.0. The largest absolute Gasteiger partial charge is 0.396 e. The van der Waals surface area contributed by atoms with E-state index in [1.54, 1.807) is 12.2 Å². The van der Waals surface area contributed by atoms with Crippen LogP contribution in [0.15, 0.2) is 71.1 Å². The van der Waals surface area contributed by atoms with Gasteiger partial charge < -0.3 is 15.7 Å². The van der Waals surface area contributed by atoms with Gasteiger partial charge in [0, 0.05) is 18.4 Å². The molecule has 1 heterocycles. The molecule has 1 aliphatic heterocycles. The van der Waals surface area contributed by atoms with Gasteiger partial charge in [-0.1, -0.05) is 31.7 Å². The van der Waals surface area contributed by atoms with Crippen molar-refractivity contribution in [3.63, 3.8) is 0 Å². The third-order valence-corrected chi connectivity index (χ3v) is 4.10. The summed E-state index contributed by atoms with van der Waals surface area (Å²) in [6.45, 7) is 9.27. The monoisotopic (exact) mass is 360 g/mol. The molecular formula is C21H29FN2O2. The van der Waals surface area contributed by atoms with Crippen LogP contribution in [0.1, 0.15) is 40.0 Å². The maximum absolute atomic E-state index is 13.1. The summed E-state index contributed by atoms with van der Waals surface area (Å²) in [6, 6.07) is 0. The van der Waals surface area contributed by atoms with Gasteiger partial charge in [-0.05, 0) is 50.7 Å². The zero-order valence-electron chi connectivity index (χ0n) is 15.8. The molecule has 1 unspecified atom stereocenters. The maximum Gasteiger partial charge on any atom is 0.144 e. The Labute approximate surface area is 155 Å². The van der Waals surface area contributed by atoms with Crippen molar-refractivity contribution >= 4 is 6.29 Å². The maximum atomic E-state index is 13.1. The second-order valence-electron chi connectivity index (χ2n) is 6.28. The highest BCUT2D eigenvalue weighted by Crippen LogP contribution is 2.26. The molecule has 0 radical (unpaired) electrons. The van der Waals surface area contributed by atoms with Crippen LogP contribution >= 0.6 is 0 Å². The number of hydrogen-bond donors (Lipinski definition) is 3. The predicted octanol–water partition coefficient (Wildman–Crippen LogP) is 4.16. The second-order valence-corrected chi connectivity index (χ2v) is 6.28. The van der Waals surface area contributed by atoms with Gasteiger partial charge in [0.15, 0.2) is 0 Å². The van der Waals surface area contributed by atoms with Crippen LogP contribution in [0.25, 0.3) is 0 Å². The summed E-state index contributed by atoms with van der Waals surface area (Å²) < 4.78 is 13.1. The van der Waals surface area contributed by atoms with Gasteiger partial charge in [0.05, 0.1) is 22.9 Å². The smallest absolute Gasteiger partial charge is 0.144 e. The Bertz CT molecular complexity index is 665. The van der Waals surface area contributed by atoms with Crippen LogP contribution in [0.5, 0.6) is 0 Å². The van der Waals surface area contributed by atoms with E-state index in [0.29, 0.717) is 5.70 Å². The molecule has 0 aromatic carbocycles. The van der Waals surface area contributed by atoms with Crippen LogP contribution in [-0.4, -0.2) is 18.0 Å². The minimum atomic E-state index is -0.301. The molecule has 0 amide bonds. The number of hydrogen-bond acceptors (Lipinski definition) is 4. The van der Waals surface area contributed by atoms with E-state index >= 15 is 0 Å². The molecule has 0 saturated carbocycles. The fourth-order valence-corrected chi connectivity index (χ4v) is 2.61. The van der Waals surface area contributed by atoms with E-state index in [1.165, 1.54) is 19.1 Å². The van der Waals surface area contributed by atoms with E-state index in [4.69, 9.17) is 0 Å². The molecule has 1 atom stereocenters. The Morgan fingerprint density at radius 1 is 1.31 bits per heavy atom. The van der Waals surface area contributed by atoms with Gasteiger partial charge in [-0.15, -0.1) is 0 Å². The van der Waals surface area contributed by atoms with Gasteiger partial charge in [-0.2, -0.15) is 0 Å². The normalized spacial score (nSPS) is 20.0. The van der Waals surface area contributed by atoms with E-state index < -0.39 is 0 Å². The van der Waals surface area contributed by atoms with E-state index in [9.17, 15) is 14.3 Å². The number of aldehydes is 1. The fraction of sp³-hybridized carbons (Fsp3) is 0.381. The first-order valence-electron chi connectivity index (χ1n) is 8.83. The minimum Gasteiger partial charge on any atom is -0.396 e.